The normalized spacial score (nSPS) is 10.8. The Morgan fingerprint density at radius 1 is 1.03 bits per heavy atom. The number of sulfonamides is 1. The van der Waals surface area contributed by atoms with E-state index >= 15 is 0 Å². The van der Waals surface area contributed by atoms with E-state index in [1.165, 1.54) is 12.1 Å². The molecular weight excluding hydrogens is 394 g/mol. The molecule has 0 aliphatic rings. The van der Waals surface area contributed by atoms with E-state index < -0.39 is 28.4 Å². The molecule has 0 bridgehead atoms. The molecule has 2 N–H and O–H groups in total. The van der Waals surface area contributed by atoms with Crippen molar-refractivity contribution in [2.75, 3.05) is 13.1 Å². The first-order chi connectivity index (χ1) is 13.7. The summed E-state index contributed by atoms with van der Waals surface area (Å²) < 4.78 is 31.7. The average molecular weight is 415 g/mol. The van der Waals surface area contributed by atoms with Crippen LogP contribution >= 0.6 is 0 Å². The van der Waals surface area contributed by atoms with Crippen LogP contribution in [0, 0.1) is 25.2 Å². The number of amides is 1. The number of ether oxygens (including phenoxy) is 1. The van der Waals surface area contributed by atoms with Gasteiger partial charge < -0.3 is 10.1 Å². The number of nitriles is 1. The van der Waals surface area contributed by atoms with Gasteiger partial charge in [-0.15, -0.1) is 0 Å². The summed E-state index contributed by atoms with van der Waals surface area (Å²) in [5.41, 5.74) is 2.98. The molecule has 9 heteroatoms. The van der Waals surface area contributed by atoms with Crippen molar-refractivity contribution in [3.05, 3.63) is 64.7 Å². The number of carbonyl (C=O) groups is 2. The molecule has 0 atom stereocenters. The van der Waals surface area contributed by atoms with E-state index in [2.05, 4.69) is 10.0 Å². The third-order valence-corrected chi connectivity index (χ3v) is 5.52. The summed E-state index contributed by atoms with van der Waals surface area (Å²) in [5, 5.41) is 11.0. The minimum absolute atomic E-state index is 0.000182. The molecule has 0 aliphatic heterocycles. The fourth-order valence-electron chi connectivity index (χ4n) is 2.25. The Labute approximate surface area is 169 Å². The molecule has 0 saturated heterocycles. The number of hydrogen-bond acceptors (Lipinski definition) is 6. The minimum atomic E-state index is -3.84. The second kappa shape index (κ2) is 9.82. The van der Waals surface area contributed by atoms with Crippen LogP contribution in [0.15, 0.2) is 47.4 Å². The second-order valence-electron chi connectivity index (χ2n) is 6.32. The molecule has 2 aromatic rings. The van der Waals surface area contributed by atoms with Crippen molar-refractivity contribution in [1.29, 1.82) is 5.26 Å². The van der Waals surface area contributed by atoms with Crippen LogP contribution in [0.1, 0.15) is 22.3 Å². The average Bonchev–Trinajstić information content (AvgIpc) is 2.71. The number of nitrogens with zero attached hydrogens (tertiary/aromatic N) is 1. The Balaban J connectivity index is 1.76. The second-order valence-corrected chi connectivity index (χ2v) is 8.08. The molecule has 0 saturated carbocycles. The molecule has 0 unspecified atom stereocenters. The summed E-state index contributed by atoms with van der Waals surface area (Å²) in [6, 6.07) is 13.2. The van der Waals surface area contributed by atoms with E-state index in [9.17, 15) is 18.0 Å². The van der Waals surface area contributed by atoms with Gasteiger partial charge in [-0.05, 0) is 54.8 Å². The van der Waals surface area contributed by atoms with E-state index in [0.29, 0.717) is 11.1 Å². The van der Waals surface area contributed by atoms with Crippen LogP contribution in [-0.4, -0.2) is 33.4 Å². The minimum Gasteiger partial charge on any atom is -0.460 e. The van der Waals surface area contributed by atoms with E-state index in [0.717, 1.165) is 11.1 Å². The van der Waals surface area contributed by atoms with Crippen molar-refractivity contribution in [2.24, 2.45) is 0 Å². The number of benzene rings is 2. The predicted molar refractivity (Wildman–Crippen MR) is 105 cm³/mol. The van der Waals surface area contributed by atoms with Crippen molar-refractivity contribution in [2.45, 2.75) is 25.3 Å². The van der Waals surface area contributed by atoms with E-state index in [-0.39, 0.29) is 18.0 Å². The SMILES string of the molecule is Cc1ccc(S(=O)(=O)NCC(=O)NCC(=O)OCc2ccc(C#N)cc2)cc1C. The largest absolute Gasteiger partial charge is 0.460 e. The highest BCUT2D eigenvalue weighted by molar-refractivity contribution is 7.89. The van der Waals surface area contributed by atoms with Gasteiger partial charge in [-0.25, -0.2) is 13.1 Å². The molecular formula is C20H21N3O5S. The molecule has 152 valence electrons. The topological polar surface area (TPSA) is 125 Å². The molecule has 0 radical (unpaired) electrons. The molecule has 29 heavy (non-hydrogen) atoms. The van der Waals surface area contributed by atoms with Gasteiger partial charge in [-0.1, -0.05) is 18.2 Å². The van der Waals surface area contributed by atoms with Crippen LogP contribution in [0.2, 0.25) is 0 Å². The van der Waals surface area contributed by atoms with Crippen molar-refractivity contribution in [3.63, 3.8) is 0 Å². The zero-order valence-corrected chi connectivity index (χ0v) is 16.9. The third kappa shape index (κ3) is 6.71. The van der Waals surface area contributed by atoms with Crippen molar-refractivity contribution >= 4 is 21.9 Å². The Morgan fingerprint density at radius 3 is 2.34 bits per heavy atom. The first-order valence-electron chi connectivity index (χ1n) is 8.69. The van der Waals surface area contributed by atoms with E-state index in [4.69, 9.17) is 10.00 Å². The maximum atomic E-state index is 12.2. The van der Waals surface area contributed by atoms with Gasteiger partial charge in [0.05, 0.1) is 23.1 Å². The van der Waals surface area contributed by atoms with Crippen molar-refractivity contribution in [3.8, 4) is 6.07 Å². The maximum Gasteiger partial charge on any atom is 0.325 e. The lowest BCUT2D eigenvalue weighted by atomic mass is 10.1. The fraction of sp³-hybridized carbons (Fsp3) is 0.250. The number of esters is 1. The number of hydrogen-bond donors (Lipinski definition) is 2. The smallest absolute Gasteiger partial charge is 0.325 e. The monoisotopic (exact) mass is 415 g/mol. The first kappa shape index (κ1) is 22.1. The highest BCUT2D eigenvalue weighted by atomic mass is 32.2. The van der Waals surface area contributed by atoms with Crippen LogP contribution in [0.5, 0.6) is 0 Å². The lowest BCUT2D eigenvalue weighted by Crippen LogP contribution is -2.39. The van der Waals surface area contributed by atoms with Gasteiger partial charge in [-0.3, -0.25) is 9.59 Å². The number of carbonyl (C=O) groups excluding carboxylic acids is 2. The summed E-state index contributed by atoms with van der Waals surface area (Å²) in [6.07, 6.45) is 0. The summed E-state index contributed by atoms with van der Waals surface area (Å²) in [7, 11) is -3.84. The fourth-order valence-corrected chi connectivity index (χ4v) is 3.32. The van der Waals surface area contributed by atoms with E-state index in [1.54, 1.807) is 37.3 Å². The maximum absolute atomic E-state index is 12.2. The van der Waals surface area contributed by atoms with Gasteiger partial charge in [0.2, 0.25) is 15.9 Å². The number of nitrogens with one attached hydrogen (secondary N) is 2. The van der Waals surface area contributed by atoms with Gasteiger partial charge in [0, 0.05) is 0 Å². The molecule has 8 nitrogen and oxygen atoms in total. The van der Waals surface area contributed by atoms with Crippen LogP contribution in [0.3, 0.4) is 0 Å². The number of rotatable bonds is 8. The molecule has 2 rings (SSSR count). The third-order valence-electron chi connectivity index (χ3n) is 4.12. The predicted octanol–water partition coefficient (Wildman–Crippen LogP) is 1.31. The Hall–Kier alpha value is -3.22. The van der Waals surface area contributed by atoms with Gasteiger partial charge in [0.1, 0.15) is 13.2 Å². The van der Waals surface area contributed by atoms with Crippen LogP contribution < -0.4 is 10.0 Å². The van der Waals surface area contributed by atoms with Crippen LogP contribution in [-0.2, 0) is 31.0 Å². The van der Waals surface area contributed by atoms with Crippen LogP contribution in [0.25, 0.3) is 0 Å². The summed E-state index contributed by atoms with van der Waals surface area (Å²) >= 11 is 0. The summed E-state index contributed by atoms with van der Waals surface area (Å²) in [4.78, 5) is 23.6. The Kier molecular flexibility index (Phi) is 7.47. The lowest BCUT2D eigenvalue weighted by Gasteiger charge is -2.09. The highest BCUT2D eigenvalue weighted by Gasteiger charge is 2.16. The molecule has 2 aromatic carbocycles. The summed E-state index contributed by atoms with van der Waals surface area (Å²) in [6.45, 7) is 2.77. The standard InChI is InChI=1S/C20H21N3O5S/c1-14-3-8-18(9-15(14)2)29(26,27)23-11-19(24)22-12-20(25)28-13-17-6-4-16(10-21)5-7-17/h3-9,23H,11-13H2,1-2H3,(H,22,24). The zero-order valence-electron chi connectivity index (χ0n) is 16.1. The van der Waals surface area contributed by atoms with Gasteiger partial charge in [-0.2, -0.15) is 5.26 Å². The highest BCUT2D eigenvalue weighted by Crippen LogP contribution is 2.14. The van der Waals surface area contributed by atoms with E-state index in [1.807, 2.05) is 13.0 Å². The van der Waals surface area contributed by atoms with Gasteiger partial charge in [0.25, 0.3) is 0 Å². The molecule has 0 heterocycles. The number of aryl methyl sites for hydroxylation is 2. The van der Waals surface area contributed by atoms with Crippen LogP contribution in [0.4, 0.5) is 0 Å². The van der Waals surface area contributed by atoms with Gasteiger partial charge in [0.15, 0.2) is 0 Å². The molecule has 0 fully saturated rings. The lowest BCUT2D eigenvalue weighted by molar-refractivity contribution is -0.145. The molecule has 0 spiro atoms. The Bertz CT molecular complexity index is 1040. The Morgan fingerprint density at radius 2 is 1.72 bits per heavy atom. The van der Waals surface area contributed by atoms with Crippen molar-refractivity contribution in [1.82, 2.24) is 10.0 Å². The molecule has 1 amide bonds. The first-order valence-corrected chi connectivity index (χ1v) is 10.2. The summed E-state index contributed by atoms with van der Waals surface area (Å²) in [5.74, 6) is -1.33. The quantitative estimate of drug-likeness (QED) is 0.626. The molecule has 0 aliphatic carbocycles. The zero-order chi connectivity index (χ0) is 21.4. The molecule has 0 aromatic heterocycles. The van der Waals surface area contributed by atoms with Gasteiger partial charge >= 0.3 is 5.97 Å². The van der Waals surface area contributed by atoms with Crippen molar-refractivity contribution < 1.29 is 22.7 Å².